The lowest BCUT2D eigenvalue weighted by Crippen LogP contribution is -2.17. The lowest BCUT2D eigenvalue weighted by Gasteiger charge is -2.09. The third-order valence-corrected chi connectivity index (χ3v) is 6.30. The molecule has 0 saturated carbocycles. The fourth-order valence-electron chi connectivity index (χ4n) is 3.15. The molecule has 0 saturated heterocycles. The Morgan fingerprint density at radius 2 is 2.13 bits per heavy atom. The number of thiazole rings is 1. The molecule has 0 aliphatic rings. The molecular weight excluding hydrogens is 440 g/mol. The van der Waals surface area contributed by atoms with Gasteiger partial charge in [-0.05, 0) is 37.8 Å². The van der Waals surface area contributed by atoms with Crippen LogP contribution in [0.15, 0.2) is 35.6 Å². The van der Waals surface area contributed by atoms with E-state index in [-0.39, 0.29) is 12.3 Å². The predicted octanol–water partition coefficient (Wildman–Crippen LogP) is 4.34. The molecule has 4 rings (SSSR count). The van der Waals surface area contributed by atoms with Crippen LogP contribution in [0.2, 0.25) is 5.02 Å². The number of hydrogen-bond donors (Lipinski definition) is 1. The fraction of sp³-hybridized carbons (Fsp3) is 0.250. The second-order valence-corrected chi connectivity index (χ2v) is 9.06. The van der Waals surface area contributed by atoms with Gasteiger partial charge in [-0.3, -0.25) is 4.79 Å². The molecular formula is C20H19ClN6OS2. The molecule has 0 spiro atoms. The minimum absolute atomic E-state index is 0.142. The van der Waals surface area contributed by atoms with Crippen molar-refractivity contribution >= 4 is 51.5 Å². The molecule has 0 aliphatic carbocycles. The molecule has 1 aromatic carbocycles. The first-order valence-corrected chi connectivity index (χ1v) is 11.6. The number of nitrogens with zero attached hydrogens (tertiary/aromatic N) is 5. The Kier molecular flexibility index (Phi) is 6.03. The van der Waals surface area contributed by atoms with Crippen LogP contribution in [0.4, 0.5) is 5.13 Å². The quantitative estimate of drug-likeness (QED) is 0.432. The molecule has 30 heavy (non-hydrogen) atoms. The second kappa shape index (κ2) is 8.71. The van der Waals surface area contributed by atoms with Crippen LogP contribution in [0, 0.1) is 13.8 Å². The standard InChI is InChI=1S/C20H19ClN6OS2/c1-11-16(12(2)27-18(23-11)25-20(26-27)29-3)9-17(28)24-19-22-10-15(30-19)8-13-5-4-6-14(21)7-13/h4-7,10H,8-9H2,1-3H3,(H,22,24,28). The van der Waals surface area contributed by atoms with Crippen molar-refractivity contribution in [3.05, 3.63) is 62.9 Å². The average molecular weight is 459 g/mol. The zero-order chi connectivity index (χ0) is 21.3. The number of hydrogen-bond acceptors (Lipinski definition) is 7. The van der Waals surface area contributed by atoms with Crippen LogP contribution < -0.4 is 5.32 Å². The molecule has 3 aromatic heterocycles. The summed E-state index contributed by atoms with van der Waals surface area (Å²) in [6.45, 7) is 3.81. The molecule has 0 atom stereocenters. The van der Waals surface area contributed by atoms with Gasteiger partial charge in [-0.2, -0.15) is 4.98 Å². The van der Waals surface area contributed by atoms with Crippen molar-refractivity contribution in [3.63, 3.8) is 0 Å². The van der Waals surface area contributed by atoms with Crippen LogP contribution in [0.1, 0.15) is 27.4 Å². The Bertz CT molecular complexity index is 1240. The second-order valence-electron chi connectivity index (χ2n) is 6.73. The van der Waals surface area contributed by atoms with E-state index < -0.39 is 0 Å². The van der Waals surface area contributed by atoms with E-state index in [4.69, 9.17) is 11.6 Å². The zero-order valence-corrected chi connectivity index (χ0v) is 19.0. The SMILES string of the molecule is CSc1nc2nc(C)c(CC(=O)Nc3ncc(Cc4cccc(Cl)c4)s3)c(C)n2n1. The summed E-state index contributed by atoms with van der Waals surface area (Å²) < 4.78 is 1.69. The largest absolute Gasteiger partial charge is 0.302 e. The highest BCUT2D eigenvalue weighted by molar-refractivity contribution is 7.98. The van der Waals surface area contributed by atoms with Gasteiger partial charge in [0, 0.05) is 39.5 Å². The van der Waals surface area contributed by atoms with Crippen LogP contribution in [-0.2, 0) is 17.6 Å². The van der Waals surface area contributed by atoms with Crippen molar-refractivity contribution in [1.82, 2.24) is 24.6 Å². The first-order chi connectivity index (χ1) is 14.4. The summed E-state index contributed by atoms with van der Waals surface area (Å²) in [5, 5.41) is 9.26. The van der Waals surface area contributed by atoms with E-state index in [0.29, 0.717) is 21.1 Å². The average Bonchev–Trinajstić information content (AvgIpc) is 3.31. The molecule has 0 unspecified atom stereocenters. The maximum atomic E-state index is 12.7. The third kappa shape index (κ3) is 4.48. The molecule has 0 aliphatic heterocycles. The third-order valence-electron chi connectivity index (χ3n) is 4.62. The number of thioether (sulfide) groups is 1. The Labute approximate surface area is 186 Å². The van der Waals surface area contributed by atoms with E-state index in [1.807, 2.05) is 44.4 Å². The molecule has 4 aromatic rings. The van der Waals surface area contributed by atoms with Gasteiger partial charge in [-0.15, -0.1) is 16.4 Å². The summed E-state index contributed by atoms with van der Waals surface area (Å²) >= 11 is 8.96. The number of anilines is 1. The highest BCUT2D eigenvalue weighted by atomic mass is 35.5. The predicted molar refractivity (Wildman–Crippen MR) is 121 cm³/mol. The van der Waals surface area contributed by atoms with Gasteiger partial charge < -0.3 is 5.32 Å². The molecule has 154 valence electrons. The summed E-state index contributed by atoms with van der Waals surface area (Å²) in [6, 6.07) is 7.72. The van der Waals surface area contributed by atoms with Crippen molar-refractivity contribution in [1.29, 1.82) is 0 Å². The van der Waals surface area contributed by atoms with E-state index in [0.717, 1.165) is 33.8 Å². The van der Waals surface area contributed by atoms with Gasteiger partial charge in [-0.25, -0.2) is 14.5 Å². The normalized spacial score (nSPS) is 11.2. The topological polar surface area (TPSA) is 85.1 Å². The first-order valence-electron chi connectivity index (χ1n) is 9.19. The molecule has 0 bridgehead atoms. The van der Waals surface area contributed by atoms with Gasteiger partial charge in [0.1, 0.15) is 0 Å². The van der Waals surface area contributed by atoms with Gasteiger partial charge in [0.15, 0.2) is 5.13 Å². The number of nitrogens with one attached hydrogen (secondary N) is 1. The van der Waals surface area contributed by atoms with Crippen molar-refractivity contribution in [2.75, 3.05) is 11.6 Å². The van der Waals surface area contributed by atoms with E-state index in [1.165, 1.54) is 23.1 Å². The van der Waals surface area contributed by atoms with Crippen LogP contribution in [0.5, 0.6) is 0 Å². The fourth-order valence-corrected chi connectivity index (χ4v) is 4.56. The summed E-state index contributed by atoms with van der Waals surface area (Å²) in [6.07, 6.45) is 4.61. The minimum atomic E-state index is -0.142. The highest BCUT2D eigenvalue weighted by Gasteiger charge is 2.17. The number of fused-ring (bicyclic) bond motifs is 1. The lowest BCUT2D eigenvalue weighted by atomic mass is 10.1. The maximum Gasteiger partial charge on any atom is 0.253 e. The number of benzene rings is 1. The Hall–Kier alpha value is -2.49. The number of carbonyl (C=O) groups is 1. The highest BCUT2D eigenvalue weighted by Crippen LogP contribution is 2.23. The number of aryl methyl sites for hydroxylation is 2. The van der Waals surface area contributed by atoms with Crippen molar-refractivity contribution in [2.24, 2.45) is 0 Å². The number of rotatable bonds is 6. The summed E-state index contributed by atoms with van der Waals surface area (Å²) in [7, 11) is 0. The summed E-state index contributed by atoms with van der Waals surface area (Å²) in [5.41, 5.74) is 3.58. The summed E-state index contributed by atoms with van der Waals surface area (Å²) in [5.74, 6) is 0.403. The number of amides is 1. The maximum absolute atomic E-state index is 12.7. The molecule has 3 heterocycles. The minimum Gasteiger partial charge on any atom is -0.302 e. The molecule has 1 N–H and O–H groups in total. The van der Waals surface area contributed by atoms with Crippen LogP contribution in [0.3, 0.4) is 0 Å². The van der Waals surface area contributed by atoms with Crippen LogP contribution >= 0.6 is 34.7 Å². The van der Waals surface area contributed by atoms with Gasteiger partial charge >= 0.3 is 0 Å². The van der Waals surface area contributed by atoms with Crippen LogP contribution in [-0.4, -0.2) is 36.7 Å². The van der Waals surface area contributed by atoms with Gasteiger partial charge in [0.2, 0.25) is 11.1 Å². The van der Waals surface area contributed by atoms with Gasteiger partial charge in [-0.1, -0.05) is 35.5 Å². The van der Waals surface area contributed by atoms with E-state index in [2.05, 4.69) is 25.4 Å². The van der Waals surface area contributed by atoms with Crippen LogP contribution in [0.25, 0.3) is 5.78 Å². The zero-order valence-electron chi connectivity index (χ0n) is 16.6. The summed E-state index contributed by atoms with van der Waals surface area (Å²) in [4.78, 5) is 26.9. The molecule has 0 radical (unpaired) electrons. The Morgan fingerprint density at radius 3 is 2.90 bits per heavy atom. The monoisotopic (exact) mass is 458 g/mol. The Balaban J connectivity index is 1.47. The first kappa shape index (κ1) is 20.8. The van der Waals surface area contributed by atoms with Crippen molar-refractivity contribution in [2.45, 2.75) is 31.8 Å². The van der Waals surface area contributed by atoms with Crippen molar-refractivity contribution in [3.8, 4) is 0 Å². The van der Waals surface area contributed by atoms with E-state index in [9.17, 15) is 4.79 Å². The molecule has 10 heteroatoms. The number of halogens is 1. The van der Waals surface area contributed by atoms with Gasteiger partial charge in [0.25, 0.3) is 5.78 Å². The van der Waals surface area contributed by atoms with Gasteiger partial charge in [0.05, 0.1) is 6.42 Å². The molecule has 7 nitrogen and oxygen atoms in total. The van der Waals surface area contributed by atoms with Crippen molar-refractivity contribution < 1.29 is 4.79 Å². The smallest absolute Gasteiger partial charge is 0.253 e. The molecule has 1 amide bonds. The number of carbonyl (C=O) groups excluding carboxylic acids is 1. The van der Waals surface area contributed by atoms with E-state index in [1.54, 1.807) is 10.7 Å². The number of aromatic nitrogens is 5. The molecule has 0 fully saturated rings. The Morgan fingerprint density at radius 1 is 1.30 bits per heavy atom. The van der Waals surface area contributed by atoms with E-state index >= 15 is 0 Å². The lowest BCUT2D eigenvalue weighted by molar-refractivity contribution is -0.115.